The van der Waals surface area contributed by atoms with Crippen molar-refractivity contribution in [3.05, 3.63) is 23.9 Å². The van der Waals surface area contributed by atoms with Gasteiger partial charge >= 0.3 is 0 Å². The van der Waals surface area contributed by atoms with Crippen molar-refractivity contribution in [1.82, 2.24) is 14.8 Å². The predicted octanol–water partition coefficient (Wildman–Crippen LogP) is 0.974. The molecule has 0 aromatic carbocycles. The van der Waals surface area contributed by atoms with Gasteiger partial charge in [0.05, 0.1) is 0 Å². The minimum atomic E-state index is 0.00833. The van der Waals surface area contributed by atoms with Crippen molar-refractivity contribution < 1.29 is 4.79 Å². The molecule has 1 aromatic heterocycles. The number of rotatable bonds is 2. The zero-order valence-electron chi connectivity index (χ0n) is 11.1. The van der Waals surface area contributed by atoms with Gasteiger partial charge in [-0.15, -0.1) is 0 Å². The summed E-state index contributed by atoms with van der Waals surface area (Å²) in [6, 6.07) is 5.76. The Morgan fingerprint density at radius 1 is 1.26 bits per heavy atom. The van der Waals surface area contributed by atoms with E-state index in [-0.39, 0.29) is 5.91 Å². The topological polar surface area (TPSA) is 62.5 Å². The molecule has 0 spiro atoms. The zero-order valence-corrected chi connectivity index (χ0v) is 11.1. The molecule has 102 valence electrons. The van der Waals surface area contributed by atoms with E-state index in [0.29, 0.717) is 17.6 Å². The first kappa shape index (κ1) is 12.4. The minimum absolute atomic E-state index is 0.00833. The smallest absolute Gasteiger partial charge is 0.272 e. The fourth-order valence-corrected chi connectivity index (χ4v) is 3.06. The summed E-state index contributed by atoms with van der Waals surface area (Å²) in [6.45, 7) is 4.03. The van der Waals surface area contributed by atoms with Crippen LogP contribution in [0, 0.1) is 0 Å². The third kappa shape index (κ3) is 2.56. The Labute approximate surface area is 113 Å². The molecule has 19 heavy (non-hydrogen) atoms. The Kier molecular flexibility index (Phi) is 3.38. The van der Waals surface area contributed by atoms with Gasteiger partial charge < -0.3 is 10.6 Å². The first-order chi connectivity index (χ1) is 9.24. The molecule has 2 aliphatic rings. The number of pyridine rings is 1. The van der Waals surface area contributed by atoms with E-state index >= 15 is 0 Å². The summed E-state index contributed by atoms with van der Waals surface area (Å²) in [5, 5.41) is 0. The van der Waals surface area contributed by atoms with E-state index in [1.54, 1.807) is 18.2 Å². The lowest BCUT2D eigenvalue weighted by Gasteiger charge is -2.23. The lowest BCUT2D eigenvalue weighted by molar-refractivity contribution is 0.0774. The molecule has 0 radical (unpaired) electrons. The molecular formula is C14H20N4O. The van der Waals surface area contributed by atoms with E-state index in [2.05, 4.69) is 9.88 Å². The number of aromatic nitrogens is 1. The Morgan fingerprint density at radius 3 is 2.79 bits per heavy atom. The van der Waals surface area contributed by atoms with Crippen LogP contribution in [0.3, 0.4) is 0 Å². The predicted molar refractivity (Wildman–Crippen MR) is 73.8 cm³/mol. The molecule has 1 atom stereocenters. The maximum atomic E-state index is 12.3. The van der Waals surface area contributed by atoms with Crippen LogP contribution in [0.5, 0.6) is 0 Å². The second-order valence-electron chi connectivity index (χ2n) is 5.38. The van der Waals surface area contributed by atoms with Gasteiger partial charge in [-0.2, -0.15) is 0 Å². The summed E-state index contributed by atoms with van der Waals surface area (Å²) in [7, 11) is 0. The van der Waals surface area contributed by atoms with Crippen molar-refractivity contribution in [3.63, 3.8) is 0 Å². The van der Waals surface area contributed by atoms with Gasteiger partial charge in [0.1, 0.15) is 11.5 Å². The summed E-state index contributed by atoms with van der Waals surface area (Å²) in [6.07, 6.45) is 3.66. The van der Waals surface area contributed by atoms with Gasteiger partial charge in [-0.25, -0.2) is 4.98 Å². The number of hydrogen-bond acceptors (Lipinski definition) is 4. The number of amides is 1. The highest BCUT2D eigenvalue weighted by Gasteiger charge is 2.32. The Hall–Kier alpha value is -1.62. The molecule has 1 aromatic rings. The average Bonchev–Trinajstić information content (AvgIpc) is 3.08. The van der Waals surface area contributed by atoms with E-state index in [0.717, 1.165) is 19.5 Å². The van der Waals surface area contributed by atoms with Crippen molar-refractivity contribution in [1.29, 1.82) is 0 Å². The molecule has 3 rings (SSSR count). The van der Waals surface area contributed by atoms with Crippen molar-refractivity contribution in [2.75, 3.05) is 31.9 Å². The zero-order chi connectivity index (χ0) is 13.2. The van der Waals surface area contributed by atoms with Crippen LogP contribution in [0.4, 0.5) is 5.82 Å². The van der Waals surface area contributed by atoms with E-state index in [1.165, 1.54) is 25.9 Å². The monoisotopic (exact) mass is 260 g/mol. The standard InChI is InChI=1S/C14H20N4O/c15-13-5-3-4-12(16-13)14(19)18-9-6-11(10-18)17-7-1-2-8-17/h3-5,11H,1-2,6-10H2,(H2,15,16). The van der Waals surface area contributed by atoms with Crippen LogP contribution < -0.4 is 5.73 Å². The van der Waals surface area contributed by atoms with Gasteiger partial charge in [-0.3, -0.25) is 9.69 Å². The van der Waals surface area contributed by atoms with Crippen molar-refractivity contribution in [2.24, 2.45) is 0 Å². The van der Waals surface area contributed by atoms with Crippen LogP contribution in [0.1, 0.15) is 29.8 Å². The molecule has 1 amide bonds. The van der Waals surface area contributed by atoms with E-state index in [4.69, 9.17) is 5.73 Å². The summed E-state index contributed by atoms with van der Waals surface area (Å²) in [4.78, 5) is 20.9. The number of nitrogen functional groups attached to an aromatic ring is 1. The molecule has 1 unspecified atom stereocenters. The van der Waals surface area contributed by atoms with Crippen molar-refractivity contribution >= 4 is 11.7 Å². The molecule has 2 aliphatic heterocycles. The molecular weight excluding hydrogens is 240 g/mol. The number of likely N-dealkylation sites (tertiary alicyclic amines) is 2. The SMILES string of the molecule is Nc1cccc(C(=O)N2CCC(N3CCCC3)C2)n1. The minimum Gasteiger partial charge on any atom is -0.384 e. The second-order valence-corrected chi connectivity index (χ2v) is 5.38. The van der Waals surface area contributed by atoms with Crippen molar-refractivity contribution in [2.45, 2.75) is 25.3 Å². The maximum Gasteiger partial charge on any atom is 0.272 e. The Bertz CT molecular complexity index is 470. The fourth-order valence-electron chi connectivity index (χ4n) is 3.06. The molecule has 5 nitrogen and oxygen atoms in total. The summed E-state index contributed by atoms with van der Waals surface area (Å²) in [5.74, 6) is 0.412. The average molecular weight is 260 g/mol. The number of carbonyl (C=O) groups excluding carboxylic acids is 1. The molecule has 2 fully saturated rings. The summed E-state index contributed by atoms with van der Waals surface area (Å²) >= 11 is 0. The van der Waals surface area contributed by atoms with E-state index in [9.17, 15) is 4.79 Å². The first-order valence-electron chi connectivity index (χ1n) is 7.00. The molecule has 0 saturated carbocycles. The van der Waals surface area contributed by atoms with Crippen LogP contribution in [-0.4, -0.2) is 52.9 Å². The number of carbonyl (C=O) groups is 1. The highest BCUT2D eigenvalue weighted by atomic mass is 16.2. The highest BCUT2D eigenvalue weighted by molar-refractivity contribution is 5.92. The second kappa shape index (κ2) is 5.17. The third-order valence-corrected chi connectivity index (χ3v) is 4.10. The maximum absolute atomic E-state index is 12.3. The summed E-state index contributed by atoms with van der Waals surface area (Å²) < 4.78 is 0. The van der Waals surface area contributed by atoms with Crippen molar-refractivity contribution in [3.8, 4) is 0 Å². The number of hydrogen-bond donors (Lipinski definition) is 1. The number of nitrogens with two attached hydrogens (primary N) is 1. The Morgan fingerprint density at radius 2 is 2.05 bits per heavy atom. The molecule has 2 N–H and O–H groups in total. The molecule has 5 heteroatoms. The molecule has 2 saturated heterocycles. The fraction of sp³-hybridized carbons (Fsp3) is 0.571. The first-order valence-corrected chi connectivity index (χ1v) is 7.00. The normalized spacial score (nSPS) is 24.0. The van der Waals surface area contributed by atoms with Gasteiger partial charge in [-0.1, -0.05) is 6.07 Å². The van der Waals surface area contributed by atoms with Crippen LogP contribution in [-0.2, 0) is 0 Å². The molecule has 0 aliphatic carbocycles. The van der Waals surface area contributed by atoms with Crippen LogP contribution in [0.15, 0.2) is 18.2 Å². The molecule has 3 heterocycles. The lowest BCUT2D eigenvalue weighted by Crippen LogP contribution is -2.37. The lowest BCUT2D eigenvalue weighted by atomic mass is 10.2. The van der Waals surface area contributed by atoms with Crippen LogP contribution in [0.2, 0.25) is 0 Å². The van der Waals surface area contributed by atoms with E-state index < -0.39 is 0 Å². The van der Waals surface area contributed by atoms with Crippen LogP contribution >= 0.6 is 0 Å². The van der Waals surface area contributed by atoms with Gasteiger partial charge in [0, 0.05) is 19.1 Å². The van der Waals surface area contributed by atoms with Gasteiger partial charge in [0.2, 0.25) is 0 Å². The Balaban J connectivity index is 1.65. The van der Waals surface area contributed by atoms with Crippen LogP contribution in [0.25, 0.3) is 0 Å². The summed E-state index contributed by atoms with van der Waals surface area (Å²) in [5.41, 5.74) is 6.09. The van der Waals surface area contributed by atoms with Gasteiger partial charge in [0.25, 0.3) is 5.91 Å². The van der Waals surface area contributed by atoms with Gasteiger partial charge in [0.15, 0.2) is 0 Å². The van der Waals surface area contributed by atoms with Gasteiger partial charge in [-0.05, 0) is 44.5 Å². The number of nitrogens with zero attached hydrogens (tertiary/aromatic N) is 3. The number of anilines is 1. The van der Waals surface area contributed by atoms with E-state index in [1.807, 2.05) is 4.90 Å². The largest absolute Gasteiger partial charge is 0.384 e. The molecule has 0 bridgehead atoms. The quantitative estimate of drug-likeness (QED) is 0.861. The highest BCUT2D eigenvalue weighted by Crippen LogP contribution is 2.21. The third-order valence-electron chi connectivity index (χ3n) is 4.10.